The molecule has 1 aromatic carbocycles. The first-order valence-electron chi connectivity index (χ1n) is 6.73. The molecule has 1 aromatic rings. The van der Waals surface area contributed by atoms with Crippen LogP contribution in [0.1, 0.15) is 37.3 Å². The van der Waals surface area contributed by atoms with E-state index in [1.54, 1.807) is 0 Å². The number of hydrogen-bond donors (Lipinski definition) is 1. The molecule has 0 amide bonds. The van der Waals surface area contributed by atoms with Gasteiger partial charge in [-0.25, -0.2) is 0 Å². The lowest BCUT2D eigenvalue weighted by molar-refractivity contribution is -0.0433. The lowest BCUT2D eigenvalue weighted by Crippen LogP contribution is -2.56. The van der Waals surface area contributed by atoms with Gasteiger partial charge < -0.3 is 5.11 Å². The minimum Gasteiger partial charge on any atom is -0.394 e. The molecule has 1 spiro atoms. The summed E-state index contributed by atoms with van der Waals surface area (Å²) in [6, 6.07) is 10.6. The number of aliphatic hydroxyl groups excluding tert-OH is 1. The molecular weight excluding hydrogens is 210 g/mol. The molecule has 2 heteroatoms. The number of hydrogen-bond acceptors (Lipinski definition) is 2. The van der Waals surface area contributed by atoms with E-state index in [0.29, 0.717) is 5.41 Å². The van der Waals surface area contributed by atoms with Crippen molar-refractivity contribution < 1.29 is 5.11 Å². The van der Waals surface area contributed by atoms with Crippen LogP contribution in [-0.2, 0) is 0 Å². The molecule has 1 heterocycles. The summed E-state index contributed by atoms with van der Waals surface area (Å²) in [5.74, 6) is 0. The summed E-state index contributed by atoms with van der Waals surface area (Å²) in [7, 11) is 0. The molecule has 2 aliphatic rings. The average molecular weight is 231 g/mol. The number of likely N-dealkylation sites (tertiary alicyclic amines) is 1. The van der Waals surface area contributed by atoms with Gasteiger partial charge in [0.2, 0.25) is 0 Å². The Morgan fingerprint density at radius 3 is 2.35 bits per heavy atom. The average Bonchev–Trinajstić information content (AvgIpc) is 2.80. The van der Waals surface area contributed by atoms with E-state index in [-0.39, 0.29) is 12.6 Å². The number of benzene rings is 1. The van der Waals surface area contributed by atoms with Gasteiger partial charge in [-0.1, -0.05) is 43.2 Å². The van der Waals surface area contributed by atoms with E-state index in [1.165, 1.54) is 44.3 Å². The summed E-state index contributed by atoms with van der Waals surface area (Å²) in [6.45, 7) is 2.61. The van der Waals surface area contributed by atoms with Crippen molar-refractivity contribution >= 4 is 0 Å². The second kappa shape index (κ2) is 4.43. The standard InChI is InChI=1S/C15H21NO/c17-10-14(13-6-2-1-3-7-13)16-11-15(12-16)8-4-5-9-15/h1-3,6-7,14,17H,4-5,8-12H2. The van der Waals surface area contributed by atoms with Crippen molar-refractivity contribution in [1.82, 2.24) is 4.90 Å². The maximum Gasteiger partial charge on any atom is 0.0628 e. The van der Waals surface area contributed by atoms with Gasteiger partial charge in [-0.05, 0) is 23.8 Å². The molecule has 1 atom stereocenters. The lowest BCUT2D eigenvalue weighted by atomic mass is 9.77. The Morgan fingerprint density at radius 1 is 1.12 bits per heavy atom. The summed E-state index contributed by atoms with van der Waals surface area (Å²) in [6.07, 6.45) is 5.61. The monoisotopic (exact) mass is 231 g/mol. The Kier molecular flexibility index (Phi) is 2.93. The van der Waals surface area contributed by atoms with E-state index in [1.807, 2.05) is 6.07 Å². The first-order chi connectivity index (χ1) is 8.33. The first kappa shape index (κ1) is 11.2. The van der Waals surface area contributed by atoms with E-state index in [4.69, 9.17) is 0 Å². The second-order valence-electron chi connectivity index (χ2n) is 5.72. The zero-order valence-electron chi connectivity index (χ0n) is 10.3. The van der Waals surface area contributed by atoms with E-state index in [0.717, 1.165) is 0 Å². The van der Waals surface area contributed by atoms with Crippen LogP contribution < -0.4 is 0 Å². The molecule has 1 aliphatic carbocycles. The minimum atomic E-state index is 0.211. The van der Waals surface area contributed by atoms with Crippen molar-refractivity contribution in [1.29, 1.82) is 0 Å². The van der Waals surface area contributed by atoms with Gasteiger partial charge in [0, 0.05) is 13.1 Å². The summed E-state index contributed by atoms with van der Waals surface area (Å²) in [5.41, 5.74) is 1.87. The van der Waals surface area contributed by atoms with Crippen LogP contribution in [0.4, 0.5) is 0 Å². The number of aliphatic hydroxyl groups is 1. The fraction of sp³-hybridized carbons (Fsp3) is 0.600. The minimum absolute atomic E-state index is 0.211. The maximum absolute atomic E-state index is 9.60. The molecule has 1 saturated carbocycles. The van der Waals surface area contributed by atoms with Crippen LogP contribution in [0.25, 0.3) is 0 Å². The third kappa shape index (κ3) is 2.00. The van der Waals surface area contributed by atoms with Gasteiger partial charge in [-0.3, -0.25) is 4.90 Å². The van der Waals surface area contributed by atoms with Gasteiger partial charge in [-0.15, -0.1) is 0 Å². The molecule has 17 heavy (non-hydrogen) atoms. The molecule has 2 nitrogen and oxygen atoms in total. The van der Waals surface area contributed by atoms with Crippen LogP contribution in [0.3, 0.4) is 0 Å². The fourth-order valence-corrected chi connectivity index (χ4v) is 3.58. The van der Waals surface area contributed by atoms with Crippen molar-refractivity contribution in [2.24, 2.45) is 5.41 Å². The van der Waals surface area contributed by atoms with Crippen molar-refractivity contribution in [2.45, 2.75) is 31.7 Å². The highest BCUT2D eigenvalue weighted by atomic mass is 16.3. The number of nitrogens with zero attached hydrogens (tertiary/aromatic N) is 1. The highest BCUT2D eigenvalue weighted by molar-refractivity contribution is 5.20. The summed E-state index contributed by atoms with van der Waals surface area (Å²) >= 11 is 0. The maximum atomic E-state index is 9.60. The third-order valence-corrected chi connectivity index (χ3v) is 4.54. The Balaban J connectivity index is 1.68. The van der Waals surface area contributed by atoms with Crippen molar-refractivity contribution in [3.63, 3.8) is 0 Å². The van der Waals surface area contributed by atoms with Crippen LogP contribution in [0.15, 0.2) is 30.3 Å². The predicted molar refractivity (Wildman–Crippen MR) is 68.7 cm³/mol. The molecular formula is C15H21NO. The molecule has 0 radical (unpaired) electrons. The van der Waals surface area contributed by atoms with Gasteiger partial charge in [0.1, 0.15) is 0 Å². The molecule has 1 saturated heterocycles. The van der Waals surface area contributed by atoms with Crippen molar-refractivity contribution in [3.05, 3.63) is 35.9 Å². The van der Waals surface area contributed by atoms with E-state index in [9.17, 15) is 5.11 Å². The van der Waals surface area contributed by atoms with Gasteiger partial charge in [0.05, 0.1) is 12.6 Å². The molecule has 2 fully saturated rings. The summed E-state index contributed by atoms with van der Waals surface area (Å²) in [5, 5.41) is 9.60. The van der Waals surface area contributed by atoms with Crippen LogP contribution in [-0.4, -0.2) is 29.7 Å². The quantitative estimate of drug-likeness (QED) is 0.864. The van der Waals surface area contributed by atoms with E-state index < -0.39 is 0 Å². The topological polar surface area (TPSA) is 23.5 Å². The zero-order valence-corrected chi connectivity index (χ0v) is 10.3. The Hall–Kier alpha value is -0.860. The predicted octanol–water partition coefficient (Wildman–Crippen LogP) is 2.60. The summed E-state index contributed by atoms with van der Waals surface area (Å²) in [4.78, 5) is 2.45. The van der Waals surface area contributed by atoms with Gasteiger partial charge in [-0.2, -0.15) is 0 Å². The highest BCUT2D eigenvalue weighted by Gasteiger charge is 2.46. The van der Waals surface area contributed by atoms with Crippen LogP contribution in [0.2, 0.25) is 0 Å². The normalized spacial score (nSPS) is 24.8. The molecule has 0 bridgehead atoms. The van der Waals surface area contributed by atoms with Crippen LogP contribution in [0.5, 0.6) is 0 Å². The molecule has 1 N–H and O–H groups in total. The lowest BCUT2D eigenvalue weighted by Gasteiger charge is -2.51. The Bertz CT molecular complexity index is 362. The fourth-order valence-electron chi connectivity index (χ4n) is 3.58. The molecule has 92 valence electrons. The van der Waals surface area contributed by atoms with Gasteiger partial charge >= 0.3 is 0 Å². The van der Waals surface area contributed by atoms with Crippen LogP contribution >= 0.6 is 0 Å². The zero-order chi connectivity index (χ0) is 11.7. The highest BCUT2D eigenvalue weighted by Crippen LogP contribution is 2.47. The first-order valence-corrected chi connectivity index (χ1v) is 6.73. The Morgan fingerprint density at radius 2 is 1.76 bits per heavy atom. The third-order valence-electron chi connectivity index (χ3n) is 4.54. The largest absolute Gasteiger partial charge is 0.394 e. The molecule has 3 rings (SSSR count). The molecule has 1 unspecified atom stereocenters. The van der Waals surface area contributed by atoms with E-state index in [2.05, 4.69) is 29.2 Å². The number of rotatable bonds is 3. The van der Waals surface area contributed by atoms with Gasteiger partial charge in [0.25, 0.3) is 0 Å². The van der Waals surface area contributed by atoms with Crippen molar-refractivity contribution in [2.75, 3.05) is 19.7 Å². The Labute approximate surface area is 103 Å². The van der Waals surface area contributed by atoms with E-state index >= 15 is 0 Å². The smallest absolute Gasteiger partial charge is 0.0628 e. The van der Waals surface area contributed by atoms with Crippen LogP contribution in [0, 0.1) is 5.41 Å². The second-order valence-corrected chi connectivity index (χ2v) is 5.72. The SMILES string of the molecule is OCC(c1ccccc1)N1CC2(CCCC2)C1. The molecule has 0 aromatic heterocycles. The van der Waals surface area contributed by atoms with Gasteiger partial charge in [0.15, 0.2) is 0 Å². The summed E-state index contributed by atoms with van der Waals surface area (Å²) < 4.78 is 0. The van der Waals surface area contributed by atoms with Crippen molar-refractivity contribution in [3.8, 4) is 0 Å². The molecule has 1 aliphatic heterocycles.